The standard InChI is InChI=1S/C12H27NO2/c1-6-14-8-11(4)13-12(5)9-15-7-10(2)3/h10-13H,6-9H2,1-5H3. The van der Waals surface area contributed by atoms with E-state index in [9.17, 15) is 0 Å². The first-order valence-electron chi connectivity index (χ1n) is 5.97. The molecule has 0 spiro atoms. The second-order valence-corrected chi connectivity index (χ2v) is 4.56. The minimum atomic E-state index is 0.388. The van der Waals surface area contributed by atoms with Crippen molar-refractivity contribution in [3.05, 3.63) is 0 Å². The van der Waals surface area contributed by atoms with E-state index in [2.05, 4.69) is 33.0 Å². The van der Waals surface area contributed by atoms with Crippen molar-refractivity contribution >= 4 is 0 Å². The molecule has 3 nitrogen and oxygen atoms in total. The lowest BCUT2D eigenvalue weighted by Gasteiger charge is -2.20. The Bertz CT molecular complexity index is 140. The molecule has 3 heteroatoms. The molecule has 0 fully saturated rings. The van der Waals surface area contributed by atoms with Crippen molar-refractivity contribution in [2.24, 2.45) is 5.92 Å². The van der Waals surface area contributed by atoms with E-state index in [0.717, 1.165) is 26.4 Å². The molecule has 0 rings (SSSR count). The van der Waals surface area contributed by atoms with E-state index in [1.54, 1.807) is 0 Å². The average Bonchev–Trinajstić information content (AvgIpc) is 2.14. The Morgan fingerprint density at radius 3 is 1.87 bits per heavy atom. The molecule has 0 radical (unpaired) electrons. The first-order valence-corrected chi connectivity index (χ1v) is 5.97. The van der Waals surface area contributed by atoms with Gasteiger partial charge >= 0.3 is 0 Å². The molecule has 0 saturated heterocycles. The molecule has 0 aromatic carbocycles. The van der Waals surface area contributed by atoms with Crippen molar-refractivity contribution in [3.63, 3.8) is 0 Å². The minimum absolute atomic E-state index is 0.388. The van der Waals surface area contributed by atoms with Crippen LogP contribution in [0.15, 0.2) is 0 Å². The Kier molecular flexibility index (Phi) is 9.06. The van der Waals surface area contributed by atoms with E-state index in [4.69, 9.17) is 9.47 Å². The van der Waals surface area contributed by atoms with Crippen LogP contribution in [0.1, 0.15) is 34.6 Å². The average molecular weight is 217 g/mol. The van der Waals surface area contributed by atoms with E-state index >= 15 is 0 Å². The highest BCUT2D eigenvalue weighted by Gasteiger charge is 2.07. The first-order chi connectivity index (χ1) is 7.06. The molecule has 15 heavy (non-hydrogen) atoms. The van der Waals surface area contributed by atoms with Crippen molar-refractivity contribution < 1.29 is 9.47 Å². The summed E-state index contributed by atoms with van der Waals surface area (Å²) >= 11 is 0. The Morgan fingerprint density at radius 1 is 0.867 bits per heavy atom. The van der Waals surface area contributed by atoms with Crippen molar-refractivity contribution in [3.8, 4) is 0 Å². The zero-order valence-electron chi connectivity index (χ0n) is 10.9. The van der Waals surface area contributed by atoms with Crippen LogP contribution in [-0.4, -0.2) is 38.5 Å². The topological polar surface area (TPSA) is 30.5 Å². The lowest BCUT2D eigenvalue weighted by atomic mass is 10.2. The summed E-state index contributed by atoms with van der Waals surface area (Å²) in [5, 5.41) is 3.44. The molecule has 0 aliphatic rings. The number of rotatable bonds is 9. The molecule has 0 aromatic heterocycles. The van der Waals surface area contributed by atoms with Gasteiger partial charge in [-0.05, 0) is 26.7 Å². The molecule has 1 N–H and O–H groups in total. The van der Waals surface area contributed by atoms with Crippen molar-refractivity contribution in [1.29, 1.82) is 0 Å². The second-order valence-electron chi connectivity index (χ2n) is 4.56. The summed E-state index contributed by atoms with van der Waals surface area (Å²) in [6.45, 7) is 13.8. The molecule has 0 aromatic rings. The fraction of sp³-hybridized carbons (Fsp3) is 1.00. The van der Waals surface area contributed by atoms with E-state index in [1.807, 2.05) is 6.92 Å². The zero-order chi connectivity index (χ0) is 11.7. The zero-order valence-corrected chi connectivity index (χ0v) is 10.9. The van der Waals surface area contributed by atoms with Gasteiger partial charge in [-0.15, -0.1) is 0 Å². The molecule has 2 unspecified atom stereocenters. The summed E-state index contributed by atoms with van der Waals surface area (Å²) in [6.07, 6.45) is 0. The predicted octanol–water partition coefficient (Wildman–Crippen LogP) is 2.06. The van der Waals surface area contributed by atoms with Crippen LogP contribution in [0.3, 0.4) is 0 Å². The van der Waals surface area contributed by atoms with Crippen LogP contribution in [0.4, 0.5) is 0 Å². The van der Waals surface area contributed by atoms with E-state index in [-0.39, 0.29) is 0 Å². The molecular weight excluding hydrogens is 190 g/mol. The van der Waals surface area contributed by atoms with Crippen molar-refractivity contribution in [2.45, 2.75) is 46.7 Å². The lowest BCUT2D eigenvalue weighted by Crippen LogP contribution is -2.40. The van der Waals surface area contributed by atoms with Crippen LogP contribution in [0.2, 0.25) is 0 Å². The highest BCUT2D eigenvalue weighted by Crippen LogP contribution is 1.95. The summed E-state index contributed by atoms with van der Waals surface area (Å²) < 4.78 is 10.9. The molecule has 0 aliphatic carbocycles. The van der Waals surface area contributed by atoms with Crippen molar-refractivity contribution in [2.75, 3.05) is 26.4 Å². The molecule has 2 atom stereocenters. The molecule has 0 amide bonds. The molecule has 0 heterocycles. The molecule has 0 saturated carbocycles. The highest BCUT2D eigenvalue weighted by molar-refractivity contribution is 4.66. The van der Waals surface area contributed by atoms with Crippen LogP contribution in [0.5, 0.6) is 0 Å². The quantitative estimate of drug-likeness (QED) is 0.641. The molecular formula is C12H27NO2. The minimum Gasteiger partial charge on any atom is -0.380 e. The van der Waals surface area contributed by atoms with Gasteiger partial charge in [0.05, 0.1) is 13.2 Å². The van der Waals surface area contributed by atoms with Gasteiger partial charge in [0.25, 0.3) is 0 Å². The van der Waals surface area contributed by atoms with Gasteiger partial charge in [0.15, 0.2) is 0 Å². The number of hydrogen-bond acceptors (Lipinski definition) is 3. The monoisotopic (exact) mass is 217 g/mol. The van der Waals surface area contributed by atoms with Gasteiger partial charge in [0, 0.05) is 25.3 Å². The Balaban J connectivity index is 3.42. The third-order valence-electron chi connectivity index (χ3n) is 1.96. The van der Waals surface area contributed by atoms with Gasteiger partial charge in [-0.25, -0.2) is 0 Å². The van der Waals surface area contributed by atoms with Gasteiger partial charge in [0.1, 0.15) is 0 Å². The van der Waals surface area contributed by atoms with Gasteiger partial charge in [-0.3, -0.25) is 0 Å². The smallest absolute Gasteiger partial charge is 0.0617 e. The largest absolute Gasteiger partial charge is 0.380 e. The third-order valence-corrected chi connectivity index (χ3v) is 1.96. The third kappa shape index (κ3) is 10.2. The van der Waals surface area contributed by atoms with Crippen LogP contribution in [-0.2, 0) is 9.47 Å². The van der Waals surface area contributed by atoms with Gasteiger partial charge in [-0.1, -0.05) is 13.8 Å². The SMILES string of the molecule is CCOCC(C)NC(C)COCC(C)C. The molecule has 92 valence electrons. The van der Waals surface area contributed by atoms with Crippen LogP contribution >= 0.6 is 0 Å². The van der Waals surface area contributed by atoms with Crippen LogP contribution in [0, 0.1) is 5.92 Å². The number of ether oxygens (including phenoxy) is 2. The summed E-state index contributed by atoms with van der Waals surface area (Å²) in [5.74, 6) is 0.609. The van der Waals surface area contributed by atoms with E-state index < -0.39 is 0 Å². The summed E-state index contributed by atoms with van der Waals surface area (Å²) in [4.78, 5) is 0. The fourth-order valence-corrected chi connectivity index (χ4v) is 1.36. The van der Waals surface area contributed by atoms with Gasteiger partial charge < -0.3 is 14.8 Å². The Morgan fingerprint density at radius 2 is 1.40 bits per heavy atom. The predicted molar refractivity (Wildman–Crippen MR) is 64.2 cm³/mol. The Labute approximate surface area is 94.5 Å². The summed E-state index contributed by atoms with van der Waals surface area (Å²) in [5.41, 5.74) is 0. The maximum atomic E-state index is 5.56. The van der Waals surface area contributed by atoms with E-state index in [0.29, 0.717) is 18.0 Å². The lowest BCUT2D eigenvalue weighted by molar-refractivity contribution is 0.0807. The van der Waals surface area contributed by atoms with Crippen LogP contribution < -0.4 is 5.32 Å². The summed E-state index contributed by atoms with van der Waals surface area (Å²) in [7, 11) is 0. The maximum Gasteiger partial charge on any atom is 0.0617 e. The Hall–Kier alpha value is -0.120. The van der Waals surface area contributed by atoms with Gasteiger partial charge in [-0.2, -0.15) is 0 Å². The normalized spacial score (nSPS) is 15.6. The van der Waals surface area contributed by atoms with Gasteiger partial charge in [0.2, 0.25) is 0 Å². The fourth-order valence-electron chi connectivity index (χ4n) is 1.36. The first kappa shape index (κ1) is 14.9. The highest BCUT2D eigenvalue weighted by atomic mass is 16.5. The van der Waals surface area contributed by atoms with Crippen LogP contribution in [0.25, 0.3) is 0 Å². The maximum absolute atomic E-state index is 5.56. The van der Waals surface area contributed by atoms with E-state index in [1.165, 1.54) is 0 Å². The molecule has 0 aliphatic heterocycles. The number of hydrogen-bond donors (Lipinski definition) is 1. The second kappa shape index (κ2) is 9.13. The summed E-state index contributed by atoms with van der Waals surface area (Å²) in [6, 6.07) is 0.779. The number of nitrogens with one attached hydrogen (secondary N) is 1. The molecule has 0 bridgehead atoms. The van der Waals surface area contributed by atoms with Crippen molar-refractivity contribution in [1.82, 2.24) is 5.32 Å².